The molecule has 0 radical (unpaired) electrons. The lowest BCUT2D eigenvalue weighted by Gasteiger charge is -2.06. The van der Waals surface area contributed by atoms with Crippen LogP contribution in [0.2, 0.25) is 0 Å². The summed E-state index contributed by atoms with van der Waals surface area (Å²) in [7, 11) is 0. The van der Waals surface area contributed by atoms with Crippen LogP contribution in [0.15, 0.2) is 11.0 Å². The van der Waals surface area contributed by atoms with Gasteiger partial charge in [-0.05, 0) is 0 Å². The molecule has 78 valence electrons. The van der Waals surface area contributed by atoms with Crippen LogP contribution in [-0.4, -0.2) is 10.1 Å². The fourth-order valence-corrected chi connectivity index (χ4v) is 1.36. The average molecular weight is 224 g/mol. The summed E-state index contributed by atoms with van der Waals surface area (Å²) in [6, 6.07) is 0. The molecule has 0 amide bonds. The van der Waals surface area contributed by atoms with E-state index in [-0.39, 0.29) is 17.1 Å². The van der Waals surface area contributed by atoms with Crippen LogP contribution < -0.4 is 5.43 Å². The van der Waals surface area contributed by atoms with Crippen LogP contribution in [0.3, 0.4) is 0 Å². The number of H-pyrrole nitrogens is 1. The Balaban J connectivity index is 3.35. The molecule has 2 N–H and O–H groups in total. The molecular formula is C8H8ClF2NO2. The largest absolute Gasteiger partial charge is 0.390 e. The quantitative estimate of drug-likeness (QED) is 0.764. The Morgan fingerprint density at radius 3 is 2.64 bits per heavy atom. The summed E-state index contributed by atoms with van der Waals surface area (Å²) in [4.78, 5) is 13.7. The first-order valence-corrected chi connectivity index (χ1v) is 4.33. The van der Waals surface area contributed by atoms with E-state index < -0.39 is 24.0 Å². The van der Waals surface area contributed by atoms with Gasteiger partial charge in [0.2, 0.25) is 0 Å². The Kier molecular flexibility index (Phi) is 3.60. The van der Waals surface area contributed by atoms with Crippen molar-refractivity contribution in [2.24, 2.45) is 0 Å². The predicted molar refractivity (Wildman–Crippen MR) is 47.5 cm³/mol. The third-order valence-electron chi connectivity index (χ3n) is 1.83. The molecule has 0 atom stereocenters. The third-order valence-corrected chi connectivity index (χ3v) is 2.10. The standard InChI is InChI=1S/C8H8ClF2NO2/c9-1-4-6(3-13)12-2-5(7(4)14)8(10)11/h2,8,13H,1,3H2,(H,12,14). The smallest absolute Gasteiger partial charge is 0.269 e. The second-order valence-electron chi connectivity index (χ2n) is 2.62. The average Bonchev–Trinajstić information content (AvgIpc) is 2.16. The third kappa shape index (κ3) is 1.93. The zero-order chi connectivity index (χ0) is 10.7. The van der Waals surface area contributed by atoms with Gasteiger partial charge in [0.25, 0.3) is 6.43 Å². The summed E-state index contributed by atoms with van der Waals surface area (Å²) in [5, 5.41) is 8.79. The van der Waals surface area contributed by atoms with Gasteiger partial charge in [-0.25, -0.2) is 8.78 Å². The topological polar surface area (TPSA) is 53.1 Å². The highest BCUT2D eigenvalue weighted by Crippen LogP contribution is 2.16. The van der Waals surface area contributed by atoms with Crippen LogP contribution in [0.5, 0.6) is 0 Å². The molecule has 0 saturated carbocycles. The number of pyridine rings is 1. The van der Waals surface area contributed by atoms with E-state index in [4.69, 9.17) is 16.7 Å². The summed E-state index contributed by atoms with van der Waals surface area (Å²) in [6.07, 6.45) is -1.94. The number of nitrogens with one attached hydrogen (secondary N) is 1. The molecule has 3 nitrogen and oxygen atoms in total. The summed E-state index contributed by atoms with van der Waals surface area (Å²) >= 11 is 5.42. The number of hydrogen-bond acceptors (Lipinski definition) is 2. The molecule has 0 spiro atoms. The van der Waals surface area contributed by atoms with Crippen LogP contribution in [0, 0.1) is 0 Å². The number of rotatable bonds is 3. The molecule has 6 heteroatoms. The van der Waals surface area contributed by atoms with Gasteiger partial charge in [-0.1, -0.05) is 0 Å². The van der Waals surface area contributed by atoms with Crippen LogP contribution in [0.25, 0.3) is 0 Å². The number of alkyl halides is 3. The van der Waals surface area contributed by atoms with Crippen LogP contribution >= 0.6 is 11.6 Å². The number of aromatic nitrogens is 1. The number of aromatic amines is 1. The Morgan fingerprint density at radius 2 is 2.21 bits per heavy atom. The van der Waals surface area contributed by atoms with Gasteiger partial charge < -0.3 is 10.1 Å². The van der Waals surface area contributed by atoms with Crippen LogP contribution in [-0.2, 0) is 12.5 Å². The van der Waals surface area contributed by atoms with Crippen molar-refractivity contribution in [3.63, 3.8) is 0 Å². The Labute approximate surface area is 83.3 Å². The van der Waals surface area contributed by atoms with Gasteiger partial charge in [-0.3, -0.25) is 4.79 Å². The fourth-order valence-electron chi connectivity index (χ4n) is 1.07. The molecule has 0 aliphatic heterocycles. The van der Waals surface area contributed by atoms with Gasteiger partial charge in [0.05, 0.1) is 18.1 Å². The second kappa shape index (κ2) is 4.52. The Morgan fingerprint density at radius 1 is 1.57 bits per heavy atom. The highest BCUT2D eigenvalue weighted by molar-refractivity contribution is 6.17. The zero-order valence-electron chi connectivity index (χ0n) is 7.06. The van der Waals surface area contributed by atoms with E-state index in [1.807, 2.05) is 0 Å². The van der Waals surface area contributed by atoms with Crippen molar-refractivity contribution in [3.05, 3.63) is 33.2 Å². The molecule has 1 rings (SSSR count). The Hall–Kier alpha value is -0.940. The predicted octanol–water partition coefficient (Wildman–Crippen LogP) is 1.54. The van der Waals surface area contributed by atoms with Crippen molar-refractivity contribution in [3.8, 4) is 0 Å². The second-order valence-corrected chi connectivity index (χ2v) is 2.89. The summed E-state index contributed by atoms with van der Waals surface area (Å²) in [5.41, 5.74) is -1.27. The van der Waals surface area contributed by atoms with Crippen molar-refractivity contribution in [1.29, 1.82) is 0 Å². The fraction of sp³-hybridized carbons (Fsp3) is 0.375. The van der Waals surface area contributed by atoms with E-state index in [0.29, 0.717) is 0 Å². The molecule has 0 aliphatic carbocycles. The highest BCUT2D eigenvalue weighted by atomic mass is 35.5. The molecule has 1 aromatic rings. The van der Waals surface area contributed by atoms with Gasteiger partial charge in [0.1, 0.15) is 0 Å². The molecule has 0 saturated heterocycles. The maximum Gasteiger partial charge on any atom is 0.269 e. The van der Waals surface area contributed by atoms with Gasteiger partial charge in [-0.15, -0.1) is 11.6 Å². The van der Waals surface area contributed by atoms with Crippen molar-refractivity contribution in [2.75, 3.05) is 0 Å². The maximum atomic E-state index is 12.3. The van der Waals surface area contributed by atoms with E-state index in [0.717, 1.165) is 6.20 Å². The minimum absolute atomic E-state index is 0.00744. The molecule has 0 fully saturated rings. The van der Waals surface area contributed by atoms with Crippen molar-refractivity contribution >= 4 is 11.6 Å². The normalized spacial score (nSPS) is 10.9. The van der Waals surface area contributed by atoms with Gasteiger partial charge in [0.15, 0.2) is 5.43 Å². The molecule has 14 heavy (non-hydrogen) atoms. The lowest BCUT2D eigenvalue weighted by molar-refractivity contribution is 0.149. The molecule has 1 aromatic heterocycles. The maximum absolute atomic E-state index is 12.3. The first-order chi connectivity index (χ1) is 6.61. The van der Waals surface area contributed by atoms with Crippen molar-refractivity contribution in [1.82, 2.24) is 4.98 Å². The SMILES string of the molecule is O=c1c(C(F)F)c[nH]c(CO)c1CCl. The summed E-state index contributed by atoms with van der Waals surface area (Å²) in [5.74, 6) is -0.203. The number of hydrogen-bond donors (Lipinski definition) is 2. The van der Waals surface area contributed by atoms with Crippen LogP contribution in [0.4, 0.5) is 8.78 Å². The minimum Gasteiger partial charge on any atom is -0.390 e. The van der Waals surface area contributed by atoms with E-state index in [2.05, 4.69) is 4.98 Å². The number of halogens is 3. The van der Waals surface area contributed by atoms with E-state index in [1.54, 1.807) is 0 Å². The lowest BCUT2D eigenvalue weighted by atomic mass is 10.1. The zero-order valence-corrected chi connectivity index (χ0v) is 7.81. The molecular weight excluding hydrogens is 216 g/mol. The first-order valence-electron chi connectivity index (χ1n) is 3.80. The first kappa shape index (κ1) is 11.1. The minimum atomic E-state index is -2.84. The van der Waals surface area contributed by atoms with Gasteiger partial charge in [-0.2, -0.15) is 0 Å². The molecule has 0 unspecified atom stereocenters. The molecule has 0 aromatic carbocycles. The number of aliphatic hydroxyl groups is 1. The van der Waals surface area contributed by atoms with Crippen molar-refractivity contribution < 1.29 is 13.9 Å². The van der Waals surface area contributed by atoms with Crippen LogP contribution in [0.1, 0.15) is 23.2 Å². The van der Waals surface area contributed by atoms with E-state index in [9.17, 15) is 13.6 Å². The summed E-state index contributed by atoms with van der Waals surface area (Å²) in [6.45, 7) is -0.430. The lowest BCUT2D eigenvalue weighted by Crippen LogP contribution is -2.18. The molecule has 0 bridgehead atoms. The number of aliphatic hydroxyl groups excluding tert-OH is 1. The summed E-state index contributed by atoms with van der Waals surface area (Å²) < 4.78 is 24.5. The van der Waals surface area contributed by atoms with E-state index >= 15 is 0 Å². The van der Waals surface area contributed by atoms with Gasteiger partial charge in [0, 0.05) is 17.5 Å². The van der Waals surface area contributed by atoms with E-state index in [1.165, 1.54) is 0 Å². The molecule has 0 aliphatic rings. The molecule has 1 heterocycles. The van der Waals surface area contributed by atoms with Gasteiger partial charge >= 0.3 is 0 Å². The highest BCUT2D eigenvalue weighted by Gasteiger charge is 2.16. The monoisotopic (exact) mass is 223 g/mol. The van der Waals surface area contributed by atoms with Crippen molar-refractivity contribution in [2.45, 2.75) is 18.9 Å². The Bertz CT molecular complexity index is 378.